The number of esters is 1. The summed E-state index contributed by atoms with van der Waals surface area (Å²) in [6.45, 7) is 1.84. The normalized spacial score (nSPS) is 28.0. The second-order valence-electron chi connectivity index (χ2n) is 14.1. The van der Waals surface area contributed by atoms with Gasteiger partial charge in [-0.05, 0) is 43.4 Å². The lowest BCUT2D eigenvalue weighted by molar-refractivity contribution is -0.241. The molecular weight excluding hydrogens is 746 g/mol. The molecule has 3 aromatic rings. The predicted octanol–water partition coefficient (Wildman–Crippen LogP) is -0.411. The molecule has 0 aliphatic carbocycles. The zero-order valence-corrected chi connectivity index (χ0v) is 31.1. The molecule has 4 heterocycles. The highest BCUT2D eigenvalue weighted by molar-refractivity contribution is 5.95. The standard InChI is InChI=1S/C39H45N5O13/c1-20-10-9-15-24(35(50)41-20)42-36(51)26-19-25(45)29(48)38(54-26)57-32(34(40)49)31-30(53-2)33(37(56-31)44-17-16-27(46)43-39(44)52)55-28(47)18-23(21-11-5-3-6-12-21)22-13-7-4-8-14-22/h3-8,11-14,16-17,19-20,23-25,29-33,37-38,45,48H,9-10,15,18H2,1-2H3,(H2,40,49)(H,41,50)(H,42,51)(H,43,46,52)/t20-,24?,25+,29+,30-,31+,32-,33-,37-,38-/m1/s1. The van der Waals surface area contributed by atoms with Crippen LogP contribution in [0.15, 0.2) is 94.4 Å². The van der Waals surface area contributed by atoms with Crippen molar-refractivity contribution in [1.82, 2.24) is 20.2 Å². The molecule has 18 heteroatoms. The Kier molecular flexibility index (Phi) is 13.0. The molecule has 0 spiro atoms. The Balaban J connectivity index is 1.26. The van der Waals surface area contributed by atoms with E-state index < -0.39 is 102 Å². The third-order valence-corrected chi connectivity index (χ3v) is 10.1. The maximum atomic E-state index is 13.9. The average molecular weight is 792 g/mol. The summed E-state index contributed by atoms with van der Waals surface area (Å²) in [5.74, 6) is -4.21. The van der Waals surface area contributed by atoms with E-state index in [-0.39, 0.29) is 12.5 Å². The summed E-state index contributed by atoms with van der Waals surface area (Å²) in [6.07, 6.45) is -9.84. The molecule has 7 N–H and O–H groups in total. The van der Waals surface area contributed by atoms with Gasteiger partial charge in [-0.25, -0.2) is 4.79 Å². The van der Waals surface area contributed by atoms with E-state index in [1.807, 2.05) is 67.6 Å². The van der Waals surface area contributed by atoms with Gasteiger partial charge >= 0.3 is 11.7 Å². The molecule has 1 aromatic heterocycles. The van der Waals surface area contributed by atoms with Crippen molar-refractivity contribution in [3.63, 3.8) is 0 Å². The molecule has 0 radical (unpaired) electrons. The van der Waals surface area contributed by atoms with Crippen LogP contribution in [0.3, 0.4) is 0 Å². The minimum absolute atomic E-state index is 0.0928. The molecular formula is C39H45N5O13. The molecule has 3 aliphatic heterocycles. The Morgan fingerprint density at radius 2 is 1.65 bits per heavy atom. The number of ether oxygens (including phenoxy) is 5. The second-order valence-corrected chi connectivity index (χ2v) is 14.1. The quantitative estimate of drug-likeness (QED) is 0.121. The molecule has 10 atom stereocenters. The summed E-state index contributed by atoms with van der Waals surface area (Å²) in [7, 11) is 1.22. The molecule has 0 saturated carbocycles. The van der Waals surface area contributed by atoms with Crippen molar-refractivity contribution in [2.24, 2.45) is 5.73 Å². The fourth-order valence-corrected chi connectivity index (χ4v) is 7.20. The van der Waals surface area contributed by atoms with Gasteiger partial charge in [0.2, 0.25) is 18.1 Å². The smallest absolute Gasteiger partial charge is 0.330 e. The first-order valence-corrected chi connectivity index (χ1v) is 18.4. The number of nitrogens with two attached hydrogens (primary N) is 1. The van der Waals surface area contributed by atoms with Gasteiger partial charge in [-0.3, -0.25) is 33.5 Å². The zero-order valence-electron chi connectivity index (χ0n) is 31.1. The number of benzene rings is 2. The fourth-order valence-electron chi connectivity index (χ4n) is 7.20. The highest BCUT2D eigenvalue weighted by Gasteiger charge is 2.55. The van der Waals surface area contributed by atoms with Gasteiger partial charge in [0.1, 0.15) is 30.5 Å². The van der Waals surface area contributed by atoms with Crippen molar-refractivity contribution < 1.29 is 53.1 Å². The first-order valence-electron chi connectivity index (χ1n) is 18.4. The lowest BCUT2D eigenvalue weighted by atomic mass is 9.88. The van der Waals surface area contributed by atoms with Crippen molar-refractivity contribution >= 4 is 23.7 Å². The zero-order chi connectivity index (χ0) is 40.8. The van der Waals surface area contributed by atoms with Crippen LogP contribution in [0.4, 0.5) is 0 Å². The number of methoxy groups -OCH3 is 1. The number of aromatic nitrogens is 2. The van der Waals surface area contributed by atoms with E-state index >= 15 is 0 Å². The number of amides is 3. The van der Waals surface area contributed by atoms with E-state index in [9.17, 15) is 39.0 Å². The van der Waals surface area contributed by atoms with Crippen molar-refractivity contribution in [2.75, 3.05) is 7.11 Å². The number of aliphatic hydroxyl groups excluding tert-OH is 2. The van der Waals surface area contributed by atoms with Gasteiger partial charge in [0, 0.05) is 31.3 Å². The number of hydrogen-bond acceptors (Lipinski definition) is 13. The number of hydrogen-bond donors (Lipinski definition) is 6. The first-order chi connectivity index (χ1) is 27.3. The molecule has 3 amide bonds. The van der Waals surface area contributed by atoms with E-state index in [0.717, 1.165) is 34.0 Å². The lowest BCUT2D eigenvalue weighted by Crippen LogP contribution is -2.54. The molecule has 1 unspecified atom stereocenters. The van der Waals surface area contributed by atoms with Gasteiger partial charge in [-0.1, -0.05) is 60.7 Å². The Morgan fingerprint density at radius 3 is 2.26 bits per heavy atom. The number of nitrogens with one attached hydrogen (secondary N) is 3. The third kappa shape index (κ3) is 9.49. The van der Waals surface area contributed by atoms with Crippen LogP contribution in [0, 0.1) is 0 Å². The highest BCUT2D eigenvalue weighted by atomic mass is 16.7. The van der Waals surface area contributed by atoms with E-state index in [2.05, 4.69) is 15.6 Å². The average Bonchev–Trinajstić information content (AvgIpc) is 3.45. The summed E-state index contributed by atoms with van der Waals surface area (Å²) in [5.41, 5.74) is 5.78. The number of rotatable bonds is 13. The summed E-state index contributed by atoms with van der Waals surface area (Å²) < 4.78 is 30.3. The molecule has 304 valence electrons. The van der Waals surface area contributed by atoms with Crippen molar-refractivity contribution in [3.8, 4) is 0 Å². The monoisotopic (exact) mass is 791 g/mol. The summed E-state index contributed by atoms with van der Waals surface area (Å²) >= 11 is 0. The largest absolute Gasteiger partial charge is 0.456 e. The predicted molar refractivity (Wildman–Crippen MR) is 198 cm³/mol. The van der Waals surface area contributed by atoms with Gasteiger partial charge in [0.15, 0.2) is 24.2 Å². The molecule has 57 heavy (non-hydrogen) atoms. The van der Waals surface area contributed by atoms with Crippen LogP contribution >= 0.6 is 0 Å². The van der Waals surface area contributed by atoms with E-state index in [1.54, 1.807) is 0 Å². The van der Waals surface area contributed by atoms with Crippen molar-refractivity contribution in [3.05, 3.63) is 117 Å². The molecule has 18 nitrogen and oxygen atoms in total. The minimum atomic E-state index is -1.92. The third-order valence-electron chi connectivity index (χ3n) is 10.1. The van der Waals surface area contributed by atoms with Gasteiger partial charge in [0.25, 0.3) is 11.5 Å². The number of nitrogens with zero attached hydrogens (tertiary/aromatic N) is 1. The van der Waals surface area contributed by atoms with Crippen LogP contribution in [-0.2, 0) is 42.9 Å². The SMILES string of the molecule is CO[C@H]1[C@@H](OC(=O)CC(c2ccccc2)c2ccccc2)[C@H](n2ccc(=O)[nH]c2=O)O[C@@H]1[C@@H](O[C@H]1OC(C(=O)NC2CCC[C@@H](C)NC2=O)=C[C@H](O)[C@@H]1O)C(N)=O. The Bertz CT molecular complexity index is 2020. The molecule has 3 aliphatic rings. The molecule has 2 aromatic carbocycles. The molecule has 0 bridgehead atoms. The van der Waals surface area contributed by atoms with Crippen molar-refractivity contribution in [2.45, 2.75) is 99.8 Å². The molecule has 2 saturated heterocycles. The van der Waals surface area contributed by atoms with E-state index in [0.29, 0.717) is 19.3 Å². The maximum Gasteiger partial charge on any atom is 0.330 e. The Morgan fingerprint density at radius 1 is 0.982 bits per heavy atom. The van der Waals surface area contributed by atoms with Crippen LogP contribution in [0.1, 0.15) is 55.9 Å². The van der Waals surface area contributed by atoms with Crippen LogP contribution in [0.5, 0.6) is 0 Å². The lowest BCUT2D eigenvalue weighted by Gasteiger charge is -2.35. The van der Waals surface area contributed by atoms with Crippen LogP contribution in [0.25, 0.3) is 0 Å². The van der Waals surface area contributed by atoms with Crippen LogP contribution < -0.4 is 27.6 Å². The van der Waals surface area contributed by atoms with E-state index in [1.165, 1.54) is 7.11 Å². The fraction of sp³-hybridized carbons (Fsp3) is 0.436. The highest BCUT2D eigenvalue weighted by Crippen LogP contribution is 2.37. The summed E-state index contributed by atoms with van der Waals surface area (Å²) in [5, 5.41) is 26.9. The van der Waals surface area contributed by atoms with Crippen LogP contribution in [0.2, 0.25) is 0 Å². The Labute approximate surface area is 325 Å². The summed E-state index contributed by atoms with van der Waals surface area (Å²) in [4.78, 5) is 80.1. The van der Waals surface area contributed by atoms with E-state index in [4.69, 9.17) is 29.4 Å². The summed E-state index contributed by atoms with van der Waals surface area (Å²) in [6, 6.07) is 18.5. The number of aromatic amines is 1. The number of carbonyl (C=O) groups is 4. The van der Waals surface area contributed by atoms with Crippen molar-refractivity contribution in [1.29, 1.82) is 0 Å². The van der Waals surface area contributed by atoms with Gasteiger partial charge in [-0.15, -0.1) is 0 Å². The molecule has 6 rings (SSSR count). The van der Waals surface area contributed by atoms with Gasteiger partial charge < -0.3 is 50.3 Å². The first kappa shape index (κ1) is 41.0. The number of aliphatic hydroxyl groups is 2. The topological polar surface area (TPSA) is 260 Å². The second kappa shape index (κ2) is 18.1. The number of H-pyrrole nitrogens is 1. The number of primary amides is 1. The molecule has 2 fully saturated rings. The van der Waals surface area contributed by atoms with Gasteiger partial charge in [-0.2, -0.15) is 0 Å². The number of carbonyl (C=O) groups excluding carboxylic acids is 4. The maximum absolute atomic E-state index is 13.9. The minimum Gasteiger partial charge on any atom is -0.456 e. The Hall–Kier alpha value is -5.66. The van der Waals surface area contributed by atoms with Crippen LogP contribution in [-0.4, -0.2) is 106 Å². The van der Waals surface area contributed by atoms with Gasteiger partial charge in [0.05, 0.1) is 6.42 Å².